The van der Waals surface area contributed by atoms with Gasteiger partial charge in [0.25, 0.3) is 0 Å². The first kappa shape index (κ1) is 27.6. The Morgan fingerprint density at radius 2 is 1.70 bits per heavy atom. The van der Waals surface area contributed by atoms with Crippen LogP contribution < -0.4 is 4.90 Å². The highest BCUT2D eigenvalue weighted by Crippen LogP contribution is 2.33. The predicted molar refractivity (Wildman–Crippen MR) is 143 cm³/mol. The lowest BCUT2D eigenvalue weighted by Gasteiger charge is -2.24. The zero-order valence-corrected chi connectivity index (χ0v) is 22.2. The molecule has 3 aromatic rings. The lowest BCUT2D eigenvalue weighted by atomic mass is 10.1. The zero-order valence-electron chi connectivity index (χ0n) is 19.8. The fourth-order valence-corrected chi connectivity index (χ4v) is 5.56. The number of hydrogen-bond donors (Lipinski definition) is 0. The lowest BCUT2D eigenvalue weighted by Crippen LogP contribution is -2.38. The molecule has 0 bridgehead atoms. The summed E-state index contributed by atoms with van der Waals surface area (Å²) in [6, 6.07) is 10.7. The SMILES string of the molecule is CCN(CC)CCN(C(=O)CCCSc1ccc(F)cc1)c1nc2c(C)ccc(C)c2s1.Cl. The van der Waals surface area contributed by atoms with E-state index >= 15 is 0 Å². The molecule has 0 fully saturated rings. The summed E-state index contributed by atoms with van der Waals surface area (Å²) in [5.41, 5.74) is 3.33. The van der Waals surface area contributed by atoms with Crippen LogP contribution in [0.15, 0.2) is 41.3 Å². The number of amides is 1. The van der Waals surface area contributed by atoms with E-state index in [4.69, 9.17) is 4.98 Å². The second-order valence-corrected chi connectivity index (χ2v) is 10.00. The van der Waals surface area contributed by atoms with Gasteiger partial charge in [-0.15, -0.1) is 24.2 Å². The summed E-state index contributed by atoms with van der Waals surface area (Å²) in [4.78, 5) is 23.4. The summed E-state index contributed by atoms with van der Waals surface area (Å²) in [5.74, 6) is 0.708. The van der Waals surface area contributed by atoms with Crippen LogP contribution in [-0.2, 0) is 4.79 Å². The van der Waals surface area contributed by atoms with Crippen molar-refractivity contribution in [2.45, 2.75) is 45.4 Å². The molecule has 8 heteroatoms. The molecular formula is C25H33ClFN3OS2. The van der Waals surface area contributed by atoms with Crippen LogP contribution in [0, 0.1) is 19.7 Å². The highest BCUT2D eigenvalue weighted by Gasteiger charge is 2.21. The zero-order chi connectivity index (χ0) is 23.1. The molecule has 33 heavy (non-hydrogen) atoms. The normalized spacial score (nSPS) is 11.1. The van der Waals surface area contributed by atoms with Gasteiger partial charge in [0.15, 0.2) is 5.13 Å². The summed E-state index contributed by atoms with van der Waals surface area (Å²) < 4.78 is 14.2. The number of nitrogens with zero attached hydrogens (tertiary/aromatic N) is 3. The fourth-order valence-electron chi connectivity index (χ4n) is 3.55. The molecule has 0 aliphatic heterocycles. The minimum absolute atomic E-state index is 0. The van der Waals surface area contributed by atoms with E-state index in [1.807, 2.05) is 4.90 Å². The van der Waals surface area contributed by atoms with Gasteiger partial charge in [-0.05, 0) is 74.5 Å². The standard InChI is InChI=1S/C25H32FN3OS2.ClH/c1-5-28(6-2)15-16-29(25-27-23-18(3)9-10-19(4)24(23)32-25)22(30)8-7-17-31-21-13-11-20(26)12-14-21;/h9-14H,5-8,15-17H2,1-4H3;1H. The van der Waals surface area contributed by atoms with Crippen molar-refractivity contribution < 1.29 is 9.18 Å². The van der Waals surface area contributed by atoms with E-state index in [1.54, 1.807) is 35.2 Å². The van der Waals surface area contributed by atoms with Gasteiger partial charge in [-0.25, -0.2) is 9.37 Å². The number of aromatic nitrogens is 1. The quantitative estimate of drug-likeness (QED) is 0.212. The van der Waals surface area contributed by atoms with Crippen LogP contribution >= 0.6 is 35.5 Å². The minimum Gasteiger partial charge on any atom is -0.302 e. The second kappa shape index (κ2) is 13.3. The van der Waals surface area contributed by atoms with Gasteiger partial charge in [-0.3, -0.25) is 9.69 Å². The number of halogens is 2. The average molecular weight is 510 g/mol. The number of benzene rings is 2. The minimum atomic E-state index is -0.227. The molecule has 0 radical (unpaired) electrons. The molecule has 0 aliphatic rings. The molecule has 3 rings (SSSR count). The molecule has 0 saturated heterocycles. The van der Waals surface area contributed by atoms with Crippen LogP contribution in [0.1, 0.15) is 37.8 Å². The van der Waals surface area contributed by atoms with E-state index in [2.05, 4.69) is 44.7 Å². The molecule has 0 aliphatic carbocycles. The third-order valence-corrected chi connectivity index (χ3v) is 7.93. The number of thioether (sulfide) groups is 1. The maximum atomic E-state index is 13.3. The Morgan fingerprint density at radius 1 is 1.03 bits per heavy atom. The molecular weight excluding hydrogens is 477 g/mol. The van der Waals surface area contributed by atoms with Gasteiger partial charge in [-0.2, -0.15) is 0 Å². The maximum absolute atomic E-state index is 13.3. The smallest absolute Gasteiger partial charge is 0.228 e. The van der Waals surface area contributed by atoms with Gasteiger partial charge in [0.1, 0.15) is 5.82 Å². The summed E-state index contributed by atoms with van der Waals surface area (Å²) in [5, 5.41) is 0.792. The molecule has 0 saturated carbocycles. The van der Waals surface area contributed by atoms with Crippen molar-refractivity contribution in [3.63, 3.8) is 0 Å². The van der Waals surface area contributed by atoms with E-state index in [9.17, 15) is 9.18 Å². The topological polar surface area (TPSA) is 36.4 Å². The van der Waals surface area contributed by atoms with E-state index in [0.29, 0.717) is 13.0 Å². The summed E-state index contributed by atoms with van der Waals surface area (Å²) in [6.07, 6.45) is 1.24. The maximum Gasteiger partial charge on any atom is 0.228 e. The van der Waals surface area contributed by atoms with Crippen LogP contribution in [0.5, 0.6) is 0 Å². The number of aryl methyl sites for hydroxylation is 2. The number of likely N-dealkylation sites (N-methyl/N-ethyl adjacent to an activating group) is 1. The first-order valence-electron chi connectivity index (χ1n) is 11.2. The number of anilines is 1. The van der Waals surface area contributed by atoms with E-state index in [-0.39, 0.29) is 24.1 Å². The molecule has 0 unspecified atom stereocenters. The van der Waals surface area contributed by atoms with Crippen molar-refractivity contribution in [2.24, 2.45) is 0 Å². The molecule has 0 N–H and O–H groups in total. The van der Waals surface area contributed by atoms with Gasteiger partial charge in [-0.1, -0.05) is 37.3 Å². The Kier molecular flexibility index (Phi) is 11.1. The Morgan fingerprint density at radius 3 is 2.33 bits per heavy atom. The van der Waals surface area contributed by atoms with Crippen LogP contribution in [0.4, 0.5) is 9.52 Å². The molecule has 180 valence electrons. The predicted octanol–water partition coefficient (Wildman–Crippen LogP) is 6.72. The molecule has 1 aromatic heterocycles. The van der Waals surface area contributed by atoms with Gasteiger partial charge in [0.2, 0.25) is 5.91 Å². The Bertz CT molecular complexity index is 999. The largest absolute Gasteiger partial charge is 0.302 e. The van der Waals surface area contributed by atoms with Gasteiger partial charge in [0.05, 0.1) is 10.2 Å². The monoisotopic (exact) mass is 509 g/mol. The Hall–Kier alpha value is -1.67. The third-order valence-electron chi connectivity index (χ3n) is 5.61. The van der Waals surface area contributed by atoms with E-state index in [0.717, 1.165) is 57.6 Å². The van der Waals surface area contributed by atoms with Gasteiger partial charge < -0.3 is 4.90 Å². The fraction of sp³-hybridized carbons (Fsp3) is 0.440. The van der Waals surface area contributed by atoms with Crippen LogP contribution in [-0.4, -0.2) is 47.7 Å². The Labute approximate surface area is 211 Å². The third kappa shape index (κ3) is 7.41. The van der Waals surface area contributed by atoms with E-state index in [1.165, 1.54) is 17.7 Å². The van der Waals surface area contributed by atoms with Crippen molar-refractivity contribution in [3.8, 4) is 0 Å². The van der Waals surface area contributed by atoms with Crippen molar-refractivity contribution >= 4 is 56.8 Å². The van der Waals surface area contributed by atoms with Gasteiger partial charge >= 0.3 is 0 Å². The number of fused-ring (bicyclic) bond motifs is 1. The number of carbonyl (C=O) groups excluding carboxylic acids is 1. The van der Waals surface area contributed by atoms with Crippen molar-refractivity contribution in [2.75, 3.05) is 36.8 Å². The van der Waals surface area contributed by atoms with Crippen molar-refractivity contribution in [3.05, 3.63) is 53.3 Å². The van der Waals surface area contributed by atoms with Crippen molar-refractivity contribution in [1.29, 1.82) is 0 Å². The summed E-state index contributed by atoms with van der Waals surface area (Å²) >= 11 is 3.27. The summed E-state index contributed by atoms with van der Waals surface area (Å²) in [6.45, 7) is 11.9. The highest BCUT2D eigenvalue weighted by molar-refractivity contribution is 7.99. The molecule has 1 heterocycles. The highest BCUT2D eigenvalue weighted by atomic mass is 35.5. The van der Waals surface area contributed by atoms with E-state index < -0.39 is 0 Å². The number of carbonyl (C=O) groups is 1. The number of rotatable bonds is 11. The van der Waals surface area contributed by atoms with Crippen molar-refractivity contribution in [1.82, 2.24) is 9.88 Å². The molecule has 1 amide bonds. The summed E-state index contributed by atoms with van der Waals surface area (Å²) in [7, 11) is 0. The van der Waals surface area contributed by atoms with Crippen LogP contribution in [0.25, 0.3) is 10.2 Å². The molecule has 0 atom stereocenters. The lowest BCUT2D eigenvalue weighted by molar-refractivity contribution is -0.118. The second-order valence-electron chi connectivity index (χ2n) is 7.85. The molecule has 2 aromatic carbocycles. The van der Waals surface area contributed by atoms with Crippen LogP contribution in [0.3, 0.4) is 0 Å². The number of thiazole rings is 1. The molecule has 0 spiro atoms. The molecule has 4 nitrogen and oxygen atoms in total. The number of hydrogen-bond acceptors (Lipinski definition) is 5. The Balaban J connectivity index is 0.00000385. The first-order chi connectivity index (χ1) is 15.4. The first-order valence-corrected chi connectivity index (χ1v) is 13.0. The van der Waals surface area contributed by atoms with Crippen LogP contribution in [0.2, 0.25) is 0 Å². The average Bonchev–Trinajstić information content (AvgIpc) is 3.24. The van der Waals surface area contributed by atoms with Gasteiger partial charge in [0, 0.05) is 24.4 Å².